The fourth-order valence-electron chi connectivity index (χ4n) is 3.63. The molecule has 0 spiro atoms. The highest BCUT2D eigenvalue weighted by Crippen LogP contribution is 2.41. The summed E-state index contributed by atoms with van der Waals surface area (Å²) in [6.45, 7) is 9.56. The molecule has 0 bridgehead atoms. The third-order valence-electron chi connectivity index (χ3n) is 5.20. The lowest BCUT2D eigenvalue weighted by Crippen LogP contribution is -2.19. The maximum Gasteiger partial charge on any atom is -0.0288 e. The lowest BCUT2D eigenvalue weighted by molar-refractivity contribution is 0.215. The molecule has 19 heavy (non-hydrogen) atoms. The number of allylic oxidation sites excluding steroid dienone is 2. The molecule has 0 aromatic rings. The molecule has 0 amide bonds. The second-order valence-corrected chi connectivity index (χ2v) is 7.07. The molecule has 112 valence electrons. The van der Waals surface area contributed by atoms with Crippen molar-refractivity contribution in [3.05, 3.63) is 11.6 Å². The minimum Gasteiger partial charge on any atom is -0.0848 e. The second-order valence-electron chi connectivity index (χ2n) is 7.07. The van der Waals surface area contributed by atoms with E-state index in [2.05, 4.69) is 33.8 Å². The van der Waals surface area contributed by atoms with Gasteiger partial charge in [-0.3, -0.25) is 0 Å². The summed E-state index contributed by atoms with van der Waals surface area (Å²) >= 11 is 0. The summed E-state index contributed by atoms with van der Waals surface area (Å²) in [6, 6.07) is 0. The lowest BCUT2D eigenvalue weighted by atomic mass is 9.74. The Morgan fingerprint density at radius 3 is 2.53 bits per heavy atom. The van der Waals surface area contributed by atoms with Gasteiger partial charge in [-0.1, -0.05) is 65.0 Å². The van der Waals surface area contributed by atoms with Crippen molar-refractivity contribution in [2.24, 2.45) is 11.3 Å². The second kappa shape index (κ2) is 8.82. The van der Waals surface area contributed by atoms with Crippen molar-refractivity contribution in [2.75, 3.05) is 0 Å². The van der Waals surface area contributed by atoms with E-state index in [0.29, 0.717) is 5.41 Å². The molecule has 0 aromatic heterocycles. The molecule has 0 heterocycles. The Morgan fingerprint density at radius 1 is 1.16 bits per heavy atom. The third kappa shape index (κ3) is 6.15. The summed E-state index contributed by atoms with van der Waals surface area (Å²) < 4.78 is 0. The number of hydrogen-bond donors (Lipinski definition) is 0. The van der Waals surface area contributed by atoms with E-state index in [1.54, 1.807) is 5.57 Å². The van der Waals surface area contributed by atoms with Gasteiger partial charge in [0.2, 0.25) is 0 Å². The molecule has 0 aromatic carbocycles. The van der Waals surface area contributed by atoms with Gasteiger partial charge < -0.3 is 0 Å². The highest BCUT2D eigenvalue weighted by atomic mass is 14.3. The number of hydrogen-bond acceptors (Lipinski definition) is 0. The van der Waals surface area contributed by atoms with Crippen molar-refractivity contribution < 1.29 is 0 Å². The topological polar surface area (TPSA) is 0 Å². The number of unbranched alkanes of at least 4 members (excludes halogenated alkanes) is 2. The van der Waals surface area contributed by atoms with Gasteiger partial charge in [-0.2, -0.15) is 0 Å². The van der Waals surface area contributed by atoms with E-state index < -0.39 is 0 Å². The maximum absolute atomic E-state index is 2.62. The Hall–Kier alpha value is -0.260. The molecule has 0 heteroatoms. The van der Waals surface area contributed by atoms with Crippen LogP contribution in [-0.2, 0) is 0 Å². The van der Waals surface area contributed by atoms with Crippen LogP contribution in [0.1, 0.15) is 98.3 Å². The highest BCUT2D eigenvalue weighted by Gasteiger charge is 2.27. The monoisotopic (exact) mass is 264 g/mol. The first kappa shape index (κ1) is 16.8. The average Bonchev–Trinajstić information content (AvgIpc) is 2.59. The van der Waals surface area contributed by atoms with Crippen LogP contribution in [0.25, 0.3) is 0 Å². The Balaban J connectivity index is 2.49. The van der Waals surface area contributed by atoms with Gasteiger partial charge in [0.25, 0.3) is 0 Å². The summed E-state index contributed by atoms with van der Waals surface area (Å²) in [6.07, 6.45) is 17.9. The first-order valence-corrected chi connectivity index (χ1v) is 8.81. The normalized spacial score (nSPS) is 24.4. The van der Waals surface area contributed by atoms with Crippen LogP contribution in [0.15, 0.2) is 11.6 Å². The van der Waals surface area contributed by atoms with Crippen molar-refractivity contribution in [3.8, 4) is 0 Å². The van der Waals surface area contributed by atoms with Crippen LogP contribution in [-0.4, -0.2) is 0 Å². The van der Waals surface area contributed by atoms with Crippen molar-refractivity contribution in [2.45, 2.75) is 98.3 Å². The van der Waals surface area contributed by atoms with E-state index in [9.17, 15) is 0 Å². The molecular formula is C19H36. The van der Waals surface area contributed by atoms with Gasteiger partial charge in [0.1, 0.15) is 0 Å². The van der Waals surface area contributed by atoms with Crippen LogP contribution in [0.3, 0.4) is 0 Å². The van der Waals surface area contributed by atoms with Crippen molar-refractivity contribution in [1.82, 2.24) is 0 Å². The minimum absolute atomic E-state index is 0.587. The van der Waals surface area contributed by atoms with E-state index in [0.717, 1.165) is 5.92 Å². The molecule has 0 fully saturated rings. The standard InChI is InChI=1S/C19H36/c1-5-8-9-11-18-12-10-14-19(4,15-13-18)16-17(6-2)7-3/h13,17H,5-12,14-16H2,1-4H3. The Bertz CT molecular complexity index is 259. The first-order chi connectivity index (χ1) is 9.13. The molecular weight excluding hydrogens is 228 g/mol. The molecule has 1 unspecified atom stereocenters. The van der Waals surface area contributed by atoms with E-state index in [1.165, 1.54) is 70.6 Å². The van der Waals surface area contributed by atoms with Crippen LogP contribution in [0.2, 0.25) is 0 Å². The SMILES string of the molecule is CCCCCC1=CCC(C)(CC(CC)CC)CCC1. The molecule has 1 aliphatic rings. The van der Waals surface area contributed by atoms with Crippen molar-refractivity contribution in [3.63, 3.8) is 0 Å². The number of rotatable bonds is 8. The van der Waals surface area contributed by atoms with Crippen LogP contribution in [0, 0.1) is 11.3 Å². The Labute approximate surface area is 122 Å². The van der Waals surface area contributed by atoms with Gasteiger partial charge in [0, 0.05) is 0 Å². The molecule has 0 aliphatic heterocycles. The third-order valence-corrected chi connectivity index (χ3v) is 5.20. The van der Waals surface area contributed by atoms with Crippen LogP contribution >= 0.6 is 0 Å². The zero-order valence-corrected chi connectivity index (χ0v) is 13.9. The Morgan fingerprint density at radius 2 is 1.89 bits per heavy atom. The summed E-state index contributed by atoms with van der Waals surface area (Å²) in [5.74, 6) is 0.944. The fourth-order valence-corrected chi connectivity index (χ4v) is 3.63. The van der Waals surface area contributed by atoms with Gasteiger partial charge in [0.15, 0.2) is 0 Å². The maximum atomic E-state index is 2.62. The molecule has 1 aliphatic carbocycles. The van der Waals surface area contributed by atoms with Crippen LogP contribution < -0.4 is 0 Å². The molecule has 0 saturated heterocycles. The van der Waals surface area contributed by atoms with E-state index in [1.807, 2.05) is 0 Å². The fraction of sp³-hybridized carbons (Fsp3) is 0.895. The molecule has 0 N–H and O–H groups in total. The van der Waals surface area contributed by atoms with E-state index in [-0.39, 0.29) is 0 Å². The van der Waals surface area contributed by atoms with E-state index in [4.69, 9.17) is 0 Å². The van der Waals surface area contributed by atoms with Gasteiger partial charge in [-0.15, -0.1) is 0 Å². The highest BCUT2D eigenvalue weighted by molar-refractivity contribution is 5.06. The molecule has 1 rings (SSSR count). The van der Waals surface area contributed by atoms with E-state index >= 15 is 0 Å². The summed E-state index contributed by atoms with van der Waals surface area (Å²) in [5, 5.41) is 0. The zero-order chi connectivity index (χ0) is 14.1. The molecule has 1 atom stereocenters. The van der Waals surface area contributed by atoms with Gasteiger partial charge in [-0.05, 0) is 56.3 Å². The first-order valence-electron chi connectivity index (χ1n) is 8.81. The Kier molecular flexibility index (Phi) is 7.80. The van der Waals surface area contributed by atoms with Gasteiger partial charge in [0.05, 0.1) is 0 Å². The predicted molar refractivity (Wildman–Crippen MR) is 87.5 cm³/mol. The smallest absolute Gasteiger partial charge is 0.0288 e. The summed E-state index contributed by atoms with van der Waals surface area (Å²) in [5.41, 5.74) is 2.35. The average molecular weight is 264 g/mol. The molecule has 0 nitrogen and oxygen atoms in total. The van der Waals surface area contributed by atoms with Crippen LogP contribution in [0.4, 0.5) is 0 Å². The van der Waals surface area contributed by atoms with Crippen LogP contribution in [0.5, 0.6) is 0 Å². The molecule has 0 radical (unpaired) electrons. The quantitative estimate of drug-likeness (QED) is 0.330. The van der Waals surface area contributed by atoms with Crippen molar-refractivity contribution >= 4 is 0 Å². The molecule has 0 saturated carbocycles. The summed E-state index contributed by atoms with van der Waals surface area (Å²) in [7, 11) is 0. The van der Waals surface area contributed by atoms with Crippen molar-refractivity contribution in [1.29, 1.82) is 0 Å². The predicted octanol–water partition coefficient (Wildman–Crippen LogP) is 6.90. The van der Waals surface area contributed by atoms with Gasteiger partial charge >= 0.3 is 0 Å². The van der Waals surface area contributed by atoms with Gasteiger partial charge in [-0.25, -0.2) is 0 Å². The summed E-state index contributed by atoms with van der Waals surface area (Å²) in [4.78, 5) is 0. The largest absolute Gasteiger partial charge is 0.0848 e. The lowest BCUT2D eigenvalue weighted by Gasteiger charge is -2.31. The zero-order valence-electron chi connectivity index (χ0n) is 13.9. The minimum atomic E-state index is 0.587.